The molecule has 1 aromatic heterocycles. The van der Waals surface area contributed by atoms with Gasteiger partial charge in [-0.05, 0) is 51.2 Å². The number of fused-ring (bicyclic) bond motifs is 1. The highest BCUT2D eigenvalue weighted by atomic mass is 16.6. The molecule has 2 aliphatic rings. The van der Waals surface area contributed by atoms with Gasteiger partial charge in [0.25, 0.3) is 0 Å². The Morgan fingerprint density at radius 1 is 1.15 bits per heavy atom. The second-order valence-electron chi connectivity index (χ2n) is 8.89. The van der Waals surface area contributed by atoms with E-state index >= 15 is 0 Å². The Hall–Kier alpha value is -1.88. The molecule has 3 rings (SSSR count). The van der Waals surface area contributed by atoms with Gasteiger partial charge in [-0.3, -0.25) is 9.88 Å². The zero-order valence-corrected chi connectivity index (χ0v) is 17.4. The van der Waals surface area contributed by atoms with Crippen molar-refractivity contribution in [2.45, 2.75) is 65.5 Å². The maximum absolute atomic E-state index is 12.3. The van der Waals surface area contributed by atoms with Crippen LogP contribution in [0.25, 0.3) is 12.2 Å². The van der Waals surface area contributed by atoms with E-state index < -0.39 is 5.60 Å². The molecule has 2 heterocycles. The van der Waals surface area contributed by atoms with Crippen LogP contribution in [0.1, 0.15) is 64.6 Å². The molecule has 27 heavy (non-hydrogen) atoms. The third-order valence-corrected chi connectivity index (χ3v) is 5.06. The molecule has 5 heteroatoms. The van der Waals surface area contributed by atoms with Crippen LogP contribution in [0.15, 0.2) is 6.07 Å². The number of aromatic nitrogens is 1. The molecular formula is C22H33N3O2. The van der Waals surface area contributed by atoms with Crippen LogP contribution in [0.4, 0.5) is 4.79 Å². The van der Waals surface area contributed by atoms with Gasteiger partial charge in [-0.1, -0.05) is 26.0 Å². The highest BCUT2D eigenvalue weighted by molar-refractivity contribution is 5.68. The molecule has 1 aliphatic carbocycles. The molecular weight excluding hydrogens is 338 g/mol. The number of pyridine rings is 1. The van der Waals surface area contributed by atoms with E-state index in [1.165, 1.54) is 16.5 Å². The predicted octanol–water partition coefficient (Wildman–Crippen LogP) is 2.61. The molecule has 0 bridgehead atoms. The number of nitrogens with zero attached hydrogens (tertiary/aromatic N) is 3. The molecule has 0 radical (unpaired) electrons. The highest BCUT2D eigenvalue weighted by Crippen LogP contribution is 2.15. The summed E-state index contributed by atoms with van der Waals surface area (Å²) in [6.45, 7) is 14.2. The third kappa shape index (κ3) is 5.10. The minimum Gasteiger partial charge on any atom is -0.444 e. The largest absolute Gasteiger partial charge is 0.444 e. The van der Waals surface area contributed by atoms with Gasteiger partial charge in [0.1, 0.15) is 5.60 Å². The maximum atomic E-state index is 12.3. The minimum atomic E-state index is -0.441. The summed E-state index contributed by atoms with van der Waals surface area (Å²) in [4.78, 5) is 21.4. The number of rotatable bonds is 3. The molecule has 1 aliphatic heterocycles. The Balaban J connectivity index is 1.69. The van der Waals surface area contributed by atoms with Gasteiger partial charge in [0.15, 0.2) is 0 Å². The average molecular weight is 372 g/mol. The van der Waals surface area contributed by atoms with Crippen LogP contribution in [0.5, 0.6) is 0 Å². The Morgan fingerprint density at radius 2 is 1.81 bits per heavy atom. The molecule has 148 valence electrons. The summed E-state index contributed by atoms with van der Waals surface area (Å²) in [6, 6.07) is 2.28. The fourth-order valence-electron chi connectivity index (χ4n) is 3.57. The van der Waals surface area contributed by atoms with Crippen LogP contribution >= 0.6 is 0 Å². The second-order valence-corrected chi connectivity index (χ2v) is 8.89. The zero-order valence-electron chi connectivity index (χ0n) is 17.4. The lowest BCUT2D eigenvalue weighted by molar-refractivity contribution is 0.0139. The summed E-state index contributed by atoms with van der Waals surface area (Å²) >= 11 is 0. The number of piperazine rings is 1. The average Bonchev–Trinajstić information content (AvgIpc) is 2.60. The molecule has 1 aromatic rings. The van der Waals surface area contributed by atoms with Gasteiger partial charge >= 0.3 is 6.09 Å². The van der Waals surface area contributed by atoms with Crippen LogP contribution in [-0.4, -0.2) is 52.7 Å². The van der Waals surface area contributed by atoms with Gasteiger partial charge in [0, 0.05) is 43.6 Å². The normalized spacial score (nSPS) is 17.9. The molecule has 0 saturated carbocycles. The van der Waals surface area contributed by atoms with E-state index in [4.69, 9.17) is 9.72 Å². The number of hydrogen-bond acceptors (Lipinski definition) is 4. The molecule has 0 atom stereocenters. The Bertz CT molecular complexity index is 800. The molecule has 5 nitrogen and oxygen atoms in total. The van der Waals surface area contributed by atoms with E-state index in [-0.39, 0.29) is 6.09 Å². The monoisotopic (exact) mass is 371 g/mol. The van der Waals surface area contributed by atoms with Gasteiger partial charge in [-0.25, -0.2) is 4.79 Å². The first kappa shape index (κ1) is 19.9. The summed E-state index contributed by atoms with van der Waals surface area (Å²) in [7, 11) is 0. The zero-order chi connectivity index (χ0) is 19.6. The van der Waals surface area contributed by atoms with E-state index in [1.807, 2.05) is 25.7 Å². The summed E-state index contributed by atoms with van der Waals surface area (Å²) in [5, 5.41) is 2.45. The van der Waals surface area contributed by atoms with E-state index in [2.05, 4.69) is 37.0 Å². The SMILES string of the molecule is CC(C)c1cc(CN2CCN(C(=O)OC(C)(C)C)CC2)c2c(n1)=CCCC=2. The van der Waals surface area contributed by atoms with Gasteiger partial charge in [0.2, 0.25) is 0 Å². The van der Waals surface area contributed by atoms with Gasteiger partial charge < -0.3 is 9.64 Å². The first-order chi connectivity index (χ1) is 12.7. The van der Waals surface area contributed by atoms with Crippen molar-refractivity contribution < 1.29 is 9.53 Å². The van der Waals surface area contributed by atoms with Crippen LogP contribution in [-0.2, 0) is 11.3 Å². The molecule has 1 saturated heterocycles. The van der Waals surface area contributed by atoms with Gasteiger partial charge in [-0.2, -0.15) is 0 Å². The topological polar surface area (TPSA) is 45.7 Å². The summed E-state index contributed by atoms with van der Waals surface area (Å²) < 4.78 is 5.50. The predicted molar refractivity (Wildman–Crippen MR) is 109 cm³/mol. The highest BCUT2D eigenvalue weighted by Gasteiger charge is 2.26. The number of carbonyl (C=O) groups is 1. The standard InChI is InChI=1S/C22H33N3O2/c1-16(2)20-14-17(18-8-6-7-9-19(18)23-20)15-24-10-12-25(13-11-24)21(26)27-22(3,4)5/h8-9,14,16H,6-7,10-13,15H2,1-5H3. The van der Waals surface area contributed by atoms with Crippen molar-refractivity contribution in [2.75, 3.05) is 26.2 Å². The number of hydrogen-bond donors (Lipinski definition) is 0. The Kier molecular flexibility index (Phi) is 5.89. The quantitative estimate of drug-likeness (QED) is 0.819. The van der Waals surface area contributed by atoms with Crippen LogP contribution in [0.2, 0.25) is 0 Å². The number of amides is 1. The van der Waals surface area contributed by atoms with Crippen molar-refractivity contribution in [3.63, 3.8) is 0 Å². The van der Waals surface area contributed by atoms with Crippen molar-refractivity contribution in [2.24, 2.45) is 0 Å². The van der Waals surface area contributed by atoms with Crippen LogP contribution in [0, 0.1) is 0 Å². The first-order valence-corrected chi connectivity index (χ1v) is 10.1. The lowest BCUT2D eigenvalue weighted by atomic mass is 10.0. The van der Waals surface area contributed by atoms with Crippen molar-refractivity contribution in [3.05, 3.63) is 27.9 Å². The van der Waals surface area contributed by atoms with Crippen molar-refractivity contribution in [3.8, 4) is 0 Å². The van der Waals surface area contributed by atoms with Crippen LogP contribution in [0.3, 0.4) is 0 Å². The molecule has 0 spiro atoms. The van der Waals surface area contributed by atoms with E-state index in [0.29, 0.717) is 5.92 Å². The molecule has 0 unspecified atom stereocenters. The van der Waals surface area contributed by atoms with Crippen molar-refractivity contribution >= 4 is 18.2 Å². The van der Waals surface area contributed by atoms with E-state index in [0.717, 1.165) is 50.9 Å². The molecule has 0 aromatic carbocycles. The third-order valence-electron chi connectivity index (χ3n) is 5.06. The Labute approximate surface area is 162 Å². The van der Waals surface area contributed by atoms with Crippen molar-refractivity contribution in [1.29, 1.82) is 0 Å². The van der Waals surface area contributed by atoms with Gasteiger partial charge in [-0.15, -0.1) is 0 Å². The summed E-state index contributed by atoms with van der Waals surface area (Å²) in [5.74, 6) is 0.424. The minimum absolute atomic E-state index is 0.200. The maximum Gasteiger partial charge on any atom is 0.410 e. The summed E-state index contributed by atoms with van der Waals surface area (Å²) in [6.07, 6.45) is 6.57. The molecule has 1 amide bonds. The van der Waals surface area contributed by atoms with E-state index in [1.54, 1.807) is 0 Å². The number of carbonyl (C=O) groups excluding carboxylic acids is 1. The smallest absolute Gasteiger partial charge is 0.410 e. The second kappa shape index (κ2) is 8.01. The van der Waals surface area contributed by atoms with E-state index in [9.17, 15) is 4.79 Å². The van der Waals surface area contributed by atoms with Crippen molar-refractivity contribution in [1.82, 2.24) is 14.8 Å². The molecule has 0 N–H and O–H groups in total. The lowest BCUT2D eigenvalue weighted by Gasteiger charge is -2.35. The molecule has 1 fully saturated rings. The fourth-order valence-corrected chi connectivity index (χ4v) is 3.57. The lowest BCUT2D eigenvalue weighted by Crippen LogP contribution is -2.50. The van der Waals surface area contributed by atoms with Gasteiger partial charge in [0.05, 0.1) is 5.35 Å². The Morgan fingerprint density at radius 3 is 2.44 bits per heavy atom. The fraction of sp³-hybridized carbons (Fsp3) is 0.636. The van der Waals surface area contributed by atoms with Crippen LogP contribution < -0.4 is 10.6 Å². The first-order valence-electron chi connectivity index (χ1n) is 10.1. The number of ether oxygens (including phenoxy) is 1. The summed E-state index contributed by atoms with van der Waals surface area (Å²) in [5.41, 5.74) is 2.09.